The summed E-state index contributed by atoms with van der Waals surface area (Å²) in [7, 11) is -2.06. The summed E-state index contributed by atoms with van der Waals surface area (Å²) in [6.07, 6.45) is 0.703. The number of carbonyl (C=O) groups excluding carboxylic acids is 1. The molecule has 1 unspecified atom stereocenters. The zero-order chi connectivity index (χ0) is 13.8. The summed E-state index contributed by atoms with van der Waals surface area (Å²) in [5.74, 6) is -0.310. The van der Waals surface area contributed by atoms with Gasteiger partial charge >= 0.3 is 0 Å². The highest BCUT2D eigenvalue weighted by molar-refractivity contribution is 7.89. The second kappa shape index (κ2) is 5.97. The van der Waals surface area contributed by atoms with Gasteiger partial charge in [0.25, 0.3) is 5.91 Å². The SMILES string of the molecule is CCC(C)NS(=O)(=O)c1cccc(C(=O)NC)c1. The van der Waals surface area contributed by atoms with Gasteiger partial charge in [0.1, 0.15) is 0 Å². The van der Waals surface area contributed by atoms with E-state index < -0.39 is 10.0 Å². The molecule has 100 valence electrons. The molecule has 0 radical (unpaired) electrons. The zero-order valence-electron chi connectivity index (χ0n) is 10.7. The monoisotopic (exact) mass is 270 g/mol. The van der Waals surface area contributed by atoms with E-state index in [0.717, 1.165) is 0 Å². The van der Waals surface area contributed by atoms with Crippen molar-refractivity contribution >= 4 is 15.9 Å². The van der Waals surface area contributed by atoms with E-state index in [9.17, 15) is 13.2 Å². The maximum absolute atomic E-state index is 12.0. The molecule has 2 N–H and O–H groups in total. The van der Waals surface area contributed by atoms with Gasteiger partial charge in [0.05, 0.1) is 4.90 Å². The van der Waals surface area contributed by atoms with E-state index in [2.05, 4.69) is 10.0 Å². The smallest absolute Gasteiger partial charge is 0.251 e. The van der Waals surface area contributed by atoms with Crippen LogP contribution in [0.4, 0.5) is 0 Å². The molecule has 1 atom stereocenters. The molecule has 0 spiro atoms. The lowest BCUT2D eigenvalue weighted by atomic mass is 10.2. The number of carbonyl (C=O) groups is 1. The van der Waals surface area contributed by atoms with Gasteiger partial charge in [-0.05, 0) is 31.5 Å². The van der Waals surface area contributed by atoms with Gasteiger partial charge in [0, 0.05) is 18.7 Å². The molecule has 1 aromatic carbocycles. The van der Waals surface area contributed by atoms with Crippen LogP contribution in [-0.4, -0.2) is 27.4 Å². The first kappa shape index (κ1) is 14.7. The molecule has 0 bridgehead atoms. The highest BCUT2D eigenvalue weighted by atomic mass is 32.2. The summed E-state index contributed by atoms with van der Waals surface area (Å²) in [5, 5.41) is 2.46. The number of sulfonamides is 1. The van der Waals surface area contributed by atoms with Gasteiger partial charge in [0.15, 0.2) is 0 Å². The fourth-order valence-electron chi connectivity index (χ4n) is 1.37. The third-order valence-corrected chi connectivity index (χ3v) is 4.19. The molecule has 0 saturated heterocycles. The zero-order valence-corrected chi connectivity index (χ0v) is 11.5. The maximum atomic E-state index is 12.0. The normalized spacial score (nSPS) is 13.1. The minimum atomic E-state index is -3.57. The molecular weight excluding hydrogens is 252 g/mol. The van der Waals surface area contributed by atoms with E-state index in [0.29, 0.717) is 12.0 Å². The molecule has 0 aromatic heterocycles. The summed E-state index contributed by atoms with van der Waals surface area (Å²) in [4.78, 5) is 11.5. The molecule has 1 rings (SSSR count). The number of amides is 1. The van der Waals surface area contributed by atoms with Crippen molar-refractivity contribution in [1.82, 2.24) is 10.0 Å². The van der Waals surface area contributed by atoms with Gasteiger partial charge in [-0.15, -0.1) is 0 Å². The van der Waals surface area contributed by atoms with E-state index in [4.69, 9.17) is 0 Å². The van der Waals surface area contributed by atoms with Crippen LogP contribution in [0.3, 0.4) is 0 Å². The van der Waals surface area contributed by atoms with Crippen LogP contribution in [-0.2, 0) is 10.0 Å². The third-order valence-electron chi connectivity index (χ3n) is 2.60. The van der Waals surface area contributed by atoms with Crippen molar-refractivity contribution in [2.75, 3.05) is 7.05 Å². The molecule has 0 heterocycles. The summed E-state index contributed by atoms with van der Waals surface area (Å²) in [5.41, 5.74) is 0.324. The lowest BCUT2D eigenvalue weighted by molar-refractivity contribution is 0.0963. The van der Waals surface area contributed by atoms with Crippen LogP contribution < -0.4 is 10.0 Å². The molecule has 0 saturated carbocycles. The topological polar surface area (TPSA) is 75.3 Å². The Hall–Kier alpha value is -1.40. The van der Waals surface area contributed by atoms with E-state index in [1.54, 1.807) is 19.1 Å². The van der Waals surface area contributed by atoms with Gasteiger partial charge in [-0.3, -0.25) is 4.79 Å². The van der Waals surface area contributed by atoms with E-state index in [-0.39, 0.29) is 16.8 Å². The van der Waals surface area contributed by atoms with Crippen molar-refractivity contribution < 1.29 is 13.2 Å². The van der Waals surface area contributed by atoms with E-state index >= 15 is 0 Å². The minimum absolute atomic E-state index is 0.101. The van der Waals surface area contributed by atoms with Crippen molar-refractivity contribution in [3.63, 3.8) is 0 Å². The van der Waals surface area contributed by atoms with Gasteiger partial charge in [-0.25, -0.2) is 13.1 Å². The molecule has 0 aliphatic carbocycles. The van der Waals surface area contributed by atoms with Crippen LogP contribution in [0.25, 0.3) is 0 Å². The van der Waals surface area contributed by atoms with Crippen molar-refractivity contribution in [2.24, 2.45) is 0 Å². The van der Waals surface area contributed by atoms with E-state index in [1.807, 2.05) is 6.92 Å². The van der Waals surface area contributed by atoms with Crippen molar-refractivity contribution in [3.8, 4) is 0 Å². The van der Waals surface area contributed by atoms with Gasteiger partial charge in [0.2, 0.25) is 10.0 Å². The van der Waals surface area contributed by atoms with E-state index in [1.165, 1.54) is 19.2 Å². The highest BCUT2D eigenvalue weighted by Crippen LogP contribution is 2.12. The van der Waals surface area contributed by atoms with Gasteiger partial charge in [-0.2, -0.15) is 0 Å². The molecule has 5 nitrogen and oxygen atoms in total. The van der Waals surface area contributed by atoms with Crippen molar-refractivity contribution in [3.05, 3.63) is 29.8 Å². The maximum Gasteiger partial charge on any atom is 0.251 e. The second-order valence-corrected chi connectivity index (χ2v) is 5.75. The molecule has 0 aliphatic rings. The largest absolute Gasteiger partial charge is 0.355 e. The number of hydrogen-bond donors (Lipinski definition) is 2. The van der Waals surface area contributed by atoms with Crippen LogP contribution in [0.15, 0.2) is 29.2 Å². The van der Waals surface area contributed by atoms with Crippen LogP contribution in [0.2, 0.25) is 0 Å². The van der Waals surface area contributed by atoms with Crippen LogP contribution >= 0.6 is 0 Å². The Bertz CT molecular complexity index is 526. The fourth-order valence-corrected chi connectivity index (χ4v) is 2.74. The molecule has 0 aliphatic heterocycles. The first-order chi connectivity index (χ1) is 8.40. The van der Waals surface area contributed by atoms with Crippen molar-refractivity contribution in [2.45, 2.75) is 31.2 Å². The molecule has 1 amide bonds. The predicted molar refractivity (Wildman–Crippen MR) is 69.9 cm³/mol. The standard InChI is InChI=1S/C12H18N2O3S/c1-4-9(2)14-18(16,17)11-7-5-6-10(8-11)12(15)13-3/h5-9,14H,4H2,1-3H3,(H,13,15). The first-order valence-electron chi connectivity index (χ1n) is 5.75. The number of rotatable bonds is 5. The summed E-state index contributed by atoms with van der Waals surface area (Å²) in [6, 6.07) is 5.82. The van der Waals surface area contributed by atoms with Crippen LogP contribution in [0.1, 0.15) is 30.6 Å². The molecule has 18 heavy (non-hydrogen) atoms. The Kier molecular flexibility index (Phi) is 4.86. The summed E-state index contributed by atoms with van der Waals surface area (Å²) in [6.45, 7) is 3.69. The average Bonchev–Trinajstić information content (AvgIpc) is 2.37. The number of benzene rings is 1. The first-order valence-corrected chi connectivity index (χ1v) is 7.23. The summed E-state index contributed by atoms with van der Waals surface area (Å²) < 4.78 is 26.6. The minimum Gasteiger partial charge on any atom is -0.355 e. The Morgan fingerprint density at radius 1 is 1.39 bits per heavy atom. The Labute approximate surface area is 108 Å². The highest BCUT2D eigenvalue weighted by Gasteiger charge is 2.17. The Morgan fingerprint density at radius 3 is 2.61 bits per heavy atom. The fraction of sp³-hybridized carbons (Fsp3) is 0.417. The third kappa shape index (κ3) is 3.54. The van der Waals surface area contributed by atoms with Crippen LogP contribution in [0.5, 0.6) is 0 Å². The number of nitrogens with one attached hydrogen (secondary N) is 2. The number of hydrogen-bond acceptors (Lipinski definition) is 3. The molecule has 0 fully saturated rings. The lowest BCUT2D eigenvalue weighted by Crippen LogP contribution is -2.32. The van der Waals surface area contributed by atoms with Gasteiger partial charge in [-0.1, -0.05) is 13.0 Å². The lowest BCUT2D eigenvalue weighted by Gasteiger charge is -2.12. The predicted octanol–water partition coefficient (Wildman–Crippen LogP) is 1.12. The second-order valence-electron chi connectivity index (χ2n) is 4.04. The van der Waals surface area contributed by atoms with Crippen LogP contribution in [0, 0.1) is 0 Å². The molecule has 1 aromatic rings. The van der Waals surface area contributed by atoms with Gasteiger partial charge < -0.3 is 5.32 Å². The average molecular weight is 270 g/mol. The summed E-state index contributed by atoms with van der Waals surface area (Å²) >= 11 is 0. The molecular formula is C12H18N2O3S. The Balaban J connectivity index is 3.06. The Morgan fingerprint density at radius 2 is 2.06 bits per heavy atom. The quantitative estimate of drug-likeness (QED) is 0.842. The van der Waals surface area contributed by atoms with Crippen molar-refractivity contribution in [1.29, 1.82) is 0 Å². The molecule has 6 heteroatoms.